The lowest BCUT2D eigenvalue weighted by atomic mass is 10.1. The highest BCUT2D eigenvalue weighted by molar-refractivity contribution is 5.92. The average molecular weight is 354 g/mol. The van der Waals surface area contributed by atoms with Gasteiger partial charge in [-0.15, -0.1) is 0 Å². The zero-order valence-electron chi connectivity index (χ0n) is 15.2. The smallest absolute Gasteiger partial charge is 0.226 e. The summed E-state index contributed by atoms with van der Waals surface area (Å²) in [6, 6.07) is 8.18. The number of hydrogen-bond acceptors (Lipinski definition) is 3. The van der Waals surface area contributed by atoms with Crippen LogP contribution in [0.4, 0.5) is 0 Å². The minimum atomic E-state index is -0.134. The third-order valence-corrected chi connectivity index (χ3v) is 5.63. The fourth-order valence-electron chi connectivity index (χ4n) is 3.81. The van der Waals surface area contributed by atoms with Gasteiger partial charge in [-0.25, -0.2) is 0 Å². The fraction of sp³-hybridized carbons (Fsp3) is 0.500. The maximum Gasteiger partial charge on any atom is 0.226 e. The third-order valence-electron chi connectivity index (χ3n) is 5.63. The molecule has 2 amide bonds. The molecule has 4 rings (SSSR count). The molecule has 1 saturated carbocycles. The molecule has 6 heteroatoms. The standard InChI is InChI=1S/C20H26N4O2/c1-23-8-10-24(11-9-23)20(26)17-12-16(17)19(25)21-7-6-14-13-22-18-5-3-2-4-15(14)18/h2-5,13,16-17,22H,6-12H2,1H3,(H,21,25). The van der Waals surface area contributed by atoms with Gasteiger partial charge in [-0.2, -0.15) is 0 Å². The second-order valence-electron chi connectivity index (χ2n) is 7.48. The number of rotatable bonds is 5. The third kappa shape index (κ3) is 3.46. The van der Waals surface area contributed by atoms with E-state index in [1.54, 1.807) is 0 Å². The molecule has 138 valence electrons. The number of likely N-dealkylation sites (N-methyl/N-ethyl adjacent to an activating group) is 1. The van der Waals surface area contributed by atoms with E-state index in [0.29, 0.717) is 13.0 Å². The maximum absolute atomic E-state index is 12.5. The molecule has 6 nitrogen and oxygen atoms in total. The number of aromatic nitrogens is 1. The van der Waals surface area contributed by atoms with Gasteiger partial charge in [0, 0.05) is 49.8 Å². The van der Waals surface area contributed by atoms with Crippen molar-refractivity contribution in [1.29, 1.82) is 0 Å². The molecule has 0 bridgehead atoms. The van der Waals surface area contributed by atoms with Crippen molar-refractivity contribution in [3.63, 3.8) is 0 Å². The summed E-state index contributed by atoms with van der Waals surface area (Å²) in [5.74, 6) is -0.0520. The number of hydrogen-bond donors (Lipinski definition) is 2. The average Bonchev–Trinajstić information content (AvgIpc) is 3.36. The Morgan fingerprint density at radius 2 is 1.92 bits per heavy atom. The van der Waals surface area contributed by atoms with Crippen molar-refractivity contribution in [3.05, 3.63) is 36.0 Å². The van der Waals surface area contributed by atoms with Crippen molar-refractivity contribution >= 4 is 22.7 Å². The predicted octanol–water partition coefficient (Wildman–Crippen LogP) is 1.24. The molecule has 2 N–H and O–H groups in total. The first kappa shape index (κ1) is 17.1. The summed E-state index contributed by atoms with van der Waals surface area (Å²) >= 11 is 0. The monoisotopic (exact) mass is 354 g/mol. The summed E-state index contributed by atoms with van der Waals surface area (Å²) in [7, 11) is 2.07. The van der Waals surface area contributed by atoms with Gasteiger partial charge in [0.1, 0.15) is 0 Å². The number of piperazine rings is 1. The molecule has 1 saturated heterocycles. The highest BCUT2D eigenvalue weighted by Crippen LogP contribution is 2.40. The number of nitrogens with zero attached hydrogens (tertiary/aromatic N) is 2. The summed E-state index contributed by atoms with van der Waals surface area (Å²) < 4.78 is 0. The molecule has 2 heterocycles. The fourth-order valence-corrected chi connectivity index (χ4v) is 3.81. The first-order valence-corrected chi connectivity index (χ1v) is 9.43. The van der Waals surface area contributed by atoms with Crippen LogP contribution in [0.25, 0.3) is 10.9 Å². The molecule has 1 aliphatic heterocycles. The van der Waals surface area contributed by atoms with Gasteiger partial charge in [0.15, 0.2) is 0 Å². The van der Waals surface area contributed by atoms with Gasteiger partial charge < -0.3 is 20.1 Å². The first-order chi connectivity index (χ1) is 12.6. The van der Waals surface area contributed by atoms with Crippen LogP contribution in [-0.2, 0) is 16.0 Å². The Morgan fingerprint density at radius 3 is 2.73 bits per heavy atom. The van der Waals surface area contributed by atoms with Crippen LogP contribution in [0.15, 0.2) is 30.5 Å². The number of carbonyl (C=O) groups excluding carboxylic acids is 2. The van der Waals surface area contributed by atoms with E-state index < -0.39 is 0 Å². The van der Waals surface area contributed by atoms with E-state index >= 15 is 0 Å². The van der Waals surface area contributed by atoms with E-state index in [1.807, 2.05) is 23.2 Å². The van der Waals surface area contributed by atoms with Gasteiger partial charge in [0.2, 0.25) is 11.8 Å². The zero-order valence-corrected chi connectivity index (χ0v) is 15.2. The van der Waals surface area contributed by atoms with E-state index in [1.165, 1.54) is 10.9 Å². The molecule has 1 aliphatic carbocycles. The largest absolute Gasteiger partial charge is 0.361 e. The number of carbonyl (C=O) groups is 2. The quantitative estimate of drug-likeness (QED) is 0.849. The Bertz CT molecular complexity index is 807. The number of nitrogens with one attached hydrogen (secondary N) is 2. The van der Waals surface area contributed by atoms with Crippen LogP contribution in [0.3, 0.4) is 0 Å². The predicted molar refractivity (Wildman–Crippen MR) is 101 cm³/mol. The van der Waals surface area contributed by atoms with E-state index in [0.717, 1.165) is 38.1 Å². The van der Waals surface area contributed by atoms with Crippen LogP contribution < -0.4 is 5.32 Å². The van der Waals surface area contributed by atoms with E-state index in [9.17, 15) is 9.59 Å². The molecule has 2 unspecified atom stereocenters. The number of benzene rings is 1. The maximum atomic E-state index is 12.5. The van der Waals surface area contributed by atoms with Crippen LogP contribution in [0, 0.1) is 11.8 Å². The second-order valence-corrected chi connectivity index (χ2v) is 7.48. The molecular formula is C20H26N4O2. The molecule has 2 atom stereocenters. The zero-order chi connectivity index (χ0) is 18.1. The molecule has 1 aromatic heterocycles. The Kier molecular flexibility index (Phi) is 4.68. The second kappa shape index (κ2) is 7.11. The van der Waals surface area contributed by atoms with Crippen molar-refractivity contribution in [1.82, 2.24) is 20.1 Å². The minimum Gasteiger partial charge on any atom is -0.361 e. The molecule has 2 aliphatic rings. The van der Waals surface area contributed by atoms with Gasteiger partial charge in [0.05, 0.1) is 11.8 Å². The van der Waals surface area contributed by atoms with Crippen LogP contribution in [0.5, 0.6) is 0 Å². The van der Waals surface area contributed by atoms with Gasteiger partial charge in [-0.05, 0) is 31.5 Å². The van der Waals surface area contributed by atoms with Crippen molar-refractivity contribution in [3.8, 4) is 0 Å². The molecule has 2 aromatic rings. The van der Waals surface area contributed by atoms with Crippen molar-refractivity contribution in [2.24, 2.45) is 11.8 Å². The highest BCUT2D eigenvalue weighted by atomic mass is 16.2. The first-order valence-electron chi connectivity index (χ1n) is 9.43. The number of para-hydroxylation sites is 1. The molecule has 2 fully saturated rings. The van der Waals surface area contributed by atoms with E-state index in [4.69, 9.17) is 0 Å². The highest BCUT2D eigenvalue weighted by Gasteiger charge is 2.49. The lowest BCUT2D eigenvalue weighted by Gasteiger charge is -2.32. The van der Waals surface area contributed by atoms with Crippen LogP contribution in [0.1, 0.15) is 12.0 Å². The number of aromatic amines is 1. The summed E-state index contributed by atoms with van der Waals surface area (Å²) in [5.41, 5.74) is 2.33. The molecule has 0 spiro atoms. The van der Waals surface area contributed by atoms with Gasteiger partial charge in [-0.1, -0.05) is 18.2 Å². The summed E-state index contributed by atoms with van der Waals surface area (Å²) in [6.07, 6.45) is 3.50. The van der Waals surface area contributed by atoms with Gasteiger partial charge >= 0.3 is 0 Å². The molecular weight excluding hydrogens is 328 g/mol. The van der Waals surface area contributed by atoms with Gasteiger partial charge in [-0.3, -0.25) is 9.59 Å². The van der Waals surface area contributed by atoms with Crippen LogP contribution >= 0.6 is 0 Å². The van der Waals surface area contributed by atoms with E-state index in [-0.39, 0.29) is 23.7 Å². The van der Waals surface area contributed by atoms with Crippen LogP contribution in [0.2, 0.25) is 0 Å². The Morgan fingerprint density at radius 1 is 1.15 bits per heavy atom. The normalized spacial score (nSPS) is 23.2. The Labute approximate surface area is 153 Å². The number of fused-ring (bicyclic) bond motifs is 1. The van der Waals surface area contributed by atoms with E-state index in [2.05, 4.69) is 34.4 Å². The number of amides is 2. The Hall–Kier alpha value is -2.34. The SMILES string of the molecule is CN1CCN(C(=O)C2CC2C(=O)NCCc2c[nH]c3ccccc23)CC1. The van der Waals surface area contributed by atoms with Gasteiger partial charge in [0.25, 0.3) is 0 Å². The van der Waals surface area contributed by atoms with Crippen LogP contribution in [-0.4, -0.2) is 66.4 Å². The molecule has 1 aromatic carbocycles. The molecule has 26 heavy (non-hydrogen) atoms. The Balaban J connectivity index is 1.24. The summed E-state index contributed by atoms with van der Waals surface area (Å²) in [6.45, 7) is 3.99. The lowest BCUT2D eigenvalue weighted by molar-refractivity contribution is -0.136. The topological polar surface area (TPSA) is 68.4 Å². The minimum absolute atomic E-state index is 0.0253. The summed E-state index contributed by atoms with van der Waals surface area (Å²) in [5, 5.41) is 4.22. The molecule has 0 radical (unpaired) electrons. The lowest BCUT2D eigenvalue weighted by Crippen LogP contribution is -2.48. The van der Waals surface area contributed by atoms with Crippen molar-refractivity contribution in [2.45, 2.75) is 12.8 Å². The number of H-pyrrole nitrogens is 1. The summed E-state index contributed by atoms with van der Waals surface area (Å²) in [4.78, 5) is 32.3. The van der Waals surface area contributed by atoms with Crippen molar-refractivity contribution in [2.75, 3.05) is 39.8 Å². The van der Waals surface area contributed by atoms with Crippen molar-refractivity contribution < 1.29 is 9.59 Å².